The highest BCUT2D eigenvalue weighted by Gasteiger charge is 2.08. The number of hydrogen-bond acceptors (Lipinski definition) is 5. The van der Waals surface area contributed by atoms with E-state index in [0.29, 0.717) is 24.9 Å². The van der Waals surface area contributed by atoms with E-state index in [9.17, 15) is 10.1 Å². The molecule has 2 N–H and O–H groups in total. The largest absolute Gasteiger partial charge is 0.444 e. The first-order valence-electron chi connectivity index (χ1n) is 8.74. The van der Waals surface area contributed by atoms with Crippen molar-refractivity contribution in [3.05, 3.63) is 81.7 Å². The Morgan fingerprint density at radius 3 is 2.38 bits per heavy atom. The number of nitrogens with one attached hydrogen (secondary N) is 2. The average molecular weight is 507 g/mol. The highest BCUT2D eigenvalue weighted by Crippen LogP contribution is 2.19. The van der Waals surface area contributed by atoms with Crippen molar-refractivity contribution in [1.82, 2.24) is 15.6 Å². The van der Waals surface area contributed by atoms with Crippen LogP contribution in [0.4, 0.5) is 5.69 Å². The fourth-order valence-corrected chi connectivity index (χ4v) is 2.53. The normalized spacial score (nSPS) is 10.9. The molecule has 0 bridgehead atoms. The molecule has 0 unspecified atom stereocenters. The summed E-state index contributed by atoms with van der Waals surface area (Å²) in [4.78, 5) is 18.9. The summed E-state index contributed by atoms with van der Waals surface area (Å²) in [5.74, 6) is 1.17. The van der Waals surface area contributed by atoms with Gasteiger partial charge in [0, 0.05) is 31.3 Å². The van der Waals surface area contributed by atoms with Gasteiger partial charge in [-0.1, -0.05) is 29.8 Å². The highest BCUT2D eigenvalue weighted by molar-refractivity contribution is 14.0. The lowest BCUT2D eigenvalue weighted by Gasteiger charge is -2.10. The Hall–Kier alpha value is -2.95. The SMILES string of the molecule is CN=C(NCc1ccc([N+](=O)[O-])cc1)NCc1coc(-c2ccc(C)cc2)n1.I. The number of aryl methyl sites for hydroxylation is 1. The van der Waals surface area contributed by atoms with E-state index in [0.717, 1.165) is 16.8 Å². The topological polar surface area (TPSA) is 106 Å². The molecular formula is C20H22IN5O3. The quantitative estimate of drug-likeness (QED) is 0.172. The molecule has 0 fully saturated rings. The van der Waals surface area contributed by atoms with Crippen LogP contribution in [0.15, 0.2) is 64.2 Å². The van der Waals surface area contributed by atoms with Gasteiger partial charge in [-0.2, -0.15) is 0 Å². The molecule has 9 heteroatoms. The summed E-state index contributed by atoms with van der Waals surface area (Å²) in [5.41, 5.74) is 3.85. The molecule has 29 heavy (non-hydrogen) atoms. The standard InChI is InChI=1S/C20H21N5O3.HI/c1-14-3-7-16(8-4-14)19-24-17(13-28-19)12-23-20(21-2)22-11-15-5-9-18(10-6-15)25(26)27;/h3-10,13H,11-12H2,1-2H3,(H2,21,22,23);1H. The third kappa shape index (κ3) is 6.28. The van der Waals surface area contributed by atoms with E-state index in [1.165, 1.54) is 17.7 Å². The lowest BCUT2D eigenvalue weighted by molar-refractivity contribution is -0.384. The summed E-state index contributed by atoms with van der Waals surface area (Å²) >= 11 is 0. The first-order chi connectivity index (χ1) is 13.5. The average Bonchev–Trinajstić information content (AvgIpc) is 3.18. The van der Waals surface area contributed by atoms with Crippen molar-refractivity contribution in [1.29, 1.82) is 0 Å². The van der Waals surface area contributed by atoms with Crippen LogP contribution < -0.4 is 10.6 Å². The summed E-state index contributed by atoms with van der Waals surface area (Å²) in [5, 5.41) is 17.0. The van der Waals surface area contributed by atoms with Crippen LogP contribution >= 0.6 is 24.0 Å². The minimum Gasteiger partial charge on any atom is -0.444 e. The molecule has 3 rings (SSSR count). The molecule has 1 aromatic heterocycles. The van der Waals surface area contributed by atoms with Gasteiger partial charge in [-0.15, -0.1) is 24.0 Å². The van der Waals surface area contributed by atoms with Crippen molar-refractivity contribution < 1.29 is 9.34 Å². The lowest BCUT2D eigenvalue weighted by Crippen LogP contribution is -2.36. The first-order valence-corrected chi connectivity index (χ1v) is 8.74. The smallest absolute Gasteiger partial charge is 0.269 e. The Balaban J connectivity index is 0.00000300. The number of aliphatic imine (C=N–C) groups is 1. The number of aromatic nitrogens is 1. The predicted molar refractivity (Wildman–Crippen MR) is 122 cm³/mol. The molecule has 0 radical (unpaired) electrons. The Bertz CT molecular complexity index is 969. The number of benzene rings is 2. The van der Waals surface area contributed by atoms with Gasteiger partial charge in [0.2, 0.25) is 5.89 Å². The third-order valence-electron chi connectivity index (χ3n) is 4.12. The van der Waals surface area contributed by atoms with Crippen LogP contribution in [0.25, 0.3) is 11.5 Å². The molecule has 0 aliphatic rings. The molecule has 8 nitrogen and oxygen atoms in total. The maximum atomic E-state index is 10.7. The number of oxazole rings is 1. The van der Waals surface area contributed by atoms with E-state index in [-0.39, 0.29) is 29.7 Å². The second kappa shape index (κ2) is 10.6. The van der Waals surface area contributed by atoms with Gasteiger partial charge in [0.05, 0.1) is 17.2 Å². The van der Waals surface area contributed by atoms with Crippen LogP contribution in [0, 0.1) is 17.0 Å². The summed E-state index contributed by atoms with van der Waals surface area (Å²) in [6, 6.07) is 14.4. The fraction of sp³-hybridized carbons (Fsp3) is 0.200. The molecule has 0 saturated carbocycles. The van der Waals surface area contributed by atoms with Crippen LogP contribution in [0.3, 0.4) is 0 Å². The van der Waals surface area contributed by atoms with Gasteiger partial charge in [0.15, 0.2) is 5.96 Å². The van der Waals surface area contributed by atoms with Crippen molar-refractivity contribution in [2.45, 2.75) is 20.0 Å². The van der Waals surface area contributed by atoms with E-state index in [1.54, 1.807) is 25.4 Å². The van der Waals surface area contributed by atoms with Crippen LogP contribution in [-0.2, 0) is 13.1 Å². The molecule has 152 valence electrons. The van der Waals surface area contributed by atoms with Crippen molar-refractivity contribution >= 4 is 35.6 Å². The summed E-state index contributed by atoms with van der Waals surface area (Å²) in [7, 11) is 1.67. The van der Waals surface area contributed by atoms with Gasteiger partial charge < -0.3 is 15.1 Å². The van der Waals surface area contributed by atoms with Crippen LogP contribution in [-0.4, -0.2) is 22.9 Å². The van der Waals surface area contributed by atoms with Gasteiger partial charge in [-0.3, -0.25) is 15.1 Å². The molecule has 0 aliphatic carbocycles. The molecule has 0 saturated heterocycles. The van der Waals surface area contributed by atoms with Gasteiger partial charge in [-0.25, -0.2) is 4.98 Å². The maximum Gasteiger partial charge on any atom is 0.269 e. The van der Waals surface area contributed by atoms with E-state index in [4.69, 9.17) is 4.42 Å². The number of guanidine groups is 1. The van der Waals surface area contributed by atoms with Crippen LogP contribution in [0.5, 0.6) is 0 Å². The zero-order chi connectivity index (χ0) is 19.9. The highest BCUT2D eigenvalue weighted by atomic mass is 127. The minimum atomic E-state index is -0.416. The lowest BCUT2D eigenvalue weighted by atomic mass is 10.1. The summed E-state index contributed by atoms with van der Waals surface area (Å²) < 4.78 is 5.55. The second-order valence-electron chi connectivity index (χ2n) is 6.21. The molecule has 0 aliphatic heterocycles. The molecule has 3 aromatic rings. The predicted octanol–water partition coefficient (Wildman–Crippen LogP) is 4.04. The number of rotatable bonds is 6. The summed E-state index contributed by atoms with van der Waals surface area (Å²) in [6.45, 7) is 2.98. The van der Waals surface area contributed by atoms with Crippen molar-refractivity contribution in [2.24, 2.45) is 4.99 Å². The van der Waals surface area contributed by atoms with Crippen molar-refractivity contribution in [3.63, 3.8) is 0 Å². The van der Waals surface area contributed by atoms with Gasteiger partial charge in [0.1, 0.15) is 6.26 Å². The van der Waals surface area contributed by atoms with Gasteiger partial charge in [-0.05, 0) is 24.6 Å². The van der Waals surface area contributed by atoms with Crippen molar-refractivity contribution in [2.75, 3.05) is 7.05 Å². The van der Waals surface area contributed by atoms with Gasteiger partial charge >= 0.3 is 0 Å². The number of nitro benzene ring substituents is 1. The minimum absolute atomic E-state index is 0. The Morgan fingerprint density at radius 1 is 1.10 bits per heavy atom. The molecule has 1 heterocycles. The molecule has 2 aromatic carbocycles. The Kier molecular flexibility index (Phi) is 8.13. The Labute approximate surface area is 185 Å². The molecular weight excluding hydrogens is 485 g/mol. The van der Waals surface area contributed by atoms with E-state index >= 15 is 0 Å². The number of nitro groups is 1. The number of hydrogen-bond donors (Lipinski definition) is 2. The van der Waals surface area contributed by atoms with E-state index in [2.05, 4.69) is 20.6 Å². The van der Waals surface area contributed by atoms with Crippen LogP contribution in [0.2, 0.25) is 0 Å². The zero-order valence-electron chi connectivity index (χ0n) is 16.1. The molecule has 0 atom stereocenters. The maximum absolute atomic E-state index is 10.7. The van der Waals surface area contributed by atoms with Crippen molar-refractivity contribution in [3.8, 4) is 11.5 Å². The molecule has 0 amide bonds. The van der Waals surface area contributed by atoms with Crippen LogP contribution in [0.1, 0.15) is 16.8 Å². The zero-order valence-corrected chi connectivity index (χ0v) is 18.4. The molecule has 0 spiro atoms. The third-order valence-corrected chi connectivity index (χ3v) is 4.12. The summed E-state index contributed by atoms with van der Waals surface area (Å²) in [6.07, 6.45) is 1.62. The fourth-order valence-electron chi connectivity index (χ4n) is 2.53. The van der Waals surface area contributed by atoms with Gasteiger partial charge in [0.25, 0.3) is 5.69 Å². The Morgan fingerprint density at radius 2 is 1.76 bits per heavy atom. The number of non-ortho nitro benzene ring substituents is 1. The number of nitrogens with zero attached hydrogens (tertiary/aromatic N) is 3. The number of halogens is 1. The second-order valence-corrected chi connectivity index (χ2v) is 6.21. The monoisotopic (exact) mass is 507 g/mol. The van der Waals surface area contributed by atoms with E-state index < -0.39 is 4.92 Å². The first kappa shape index (κ1) is 22.3. The van der Waals surface area contributed by atoms with E-state index in [1.807, 2.05) is 31.2 Å².